The monoisotopic (exact) mass is 387 g/mol. The number of nitrogens with one attached hydrogen (secondary N) is 1. The van der Waals surface area contributed by atoms with E-state index in [0.717, 1.165) is 49.4 Å². The van der Waals surface area contributed by atoms with E-state index < -0.39 is 0 Å². The van der Waals surface area contributed by atoms with Crippen molar-refractivity contribution in [2.24, 2.45) is 7.05 Å². The summed E-state index contributed by atoms with van der Waals surface area (Å²) in [6.07, 6.45) is 1.79. The molecule has 3 heterocycles. The third-order valence-electron chi connectivity index (χ3n) is 6.52. The maximum absolute atomic E-state index is 12.2. The minimum atomic E-state index is -0.0860. The lowest BCUT2D eigenvalue weighted by Gasteiger charge is -2.46. The highest BCUT2D eigenvalue weighted by Crippen LogP contribution is 2.47. The van der Waals surface area contributed by atoms with E-state index >= 15 is 0 Å². The molecule has 0 unspecified atom stereocenters. The van der Waals surface area contributed by atoms with Gasteiger partial charge in [0.15, 0.2) is 0 Å². The molecule has 0 aliphatic carbocycles. The smallest absolute Gasteiger partial charge is 0.248 e. The van der Waals surface area contributed by atoms with Crippen molar-refractivity contribution in [3.05, 3.63) is 29.5 Å². The largest absolute Gasteiger partial charge is 0.497 e. The first kappa shape index (κ1) is 19.2. The highest BCUT2D eigenvalue weighted by Gasteiger charge is 2.45. The predicted molar refractivity (Wildman–Crippen MR) is 107 cm³/mol. The number of methoxy groups -OCH3 is 2. The number of carbonyl (C=O) groups excluding carboxylic acids is 1. The van der Waals surface area contributed by atoms with E-state index in [-0.39, 0.29) is 30.6 Å². The van der Waals surface area contributed by atoms with Gasteiger partial charge in [-0.1, -0.05) is 0 Å². The van der Waals surface area contributed by atoms with E-state index in [0.29, 0.717) is 0 Å². The van der Waals surface area contributed by atoms with Crippen LogP contribution in [0.15, 0.2) is 18.2 Å². The van der Waals surface area contributed by atoms with Crippen LogP contribution in [0.25, 0.3) is 10.9 Å². The number of hydrogen-bond donors (Lipinski definition) is 2. The lowest BCUT2D eigenvalue weighted by atomic mass is 9.69. The zero-order valence-corrected chi connectivity index (χ0v) is 16.8. The lowest BCUT2D eigenvalue weighted by molar-refractivity contribution is -0.136. The van der Waals surface area contributed by atoms with Crippen molar-refractivity contribution in [3.63, 3.8) is 0 Å². The van der Waals surface area contributed by atoms with Crippen LogP contribution >= 0.6 is 0 Å². The number of fused-ring (bicyclic) bond motifs is 4. The third-order valence-corrected chi connectivity index (χ3v) is 6.52. The van der Waals surface area contributed by atoms with E-state index in [4.69, 9.17) is 9.47 Å². The zero-order chi connectivity index (χ0) is 19.9. The molecule has 1 saturated heterocycles. The first-order valence-electron chi connectivity index (χ1n) is 9.82. The van der Waals surface area contributed by atoms with Crippen LogP contribution in [0.4, 0.5) is 0 Å². The number of hydrogen-bond acceptors (Lipinski definition) is 5. The summed E-state index contributed by atoms with van der Waals surface area (Å²) in [5.74, 6) is 0.880. The van der Waals surface area contributed by atoms with Gasteiger partial charge >= 0.3 is 0 Å². The average Bonchev–Trinajstić information content (AvgIpc) is 3.02. The first-order valence-corrected chi connectivity index (χ1v) is 9.82. The molecule has 7 nitrogen and oxygen atoms in total. The molecule has 28 heavy (non-hydrogen) atoms. The standard InChI is InChI=1S/C21H29N3O4/c1-23-17-10-14(28-3)4-5-15(17)19-20(23)16(11-25)22-13-21(19)6-8-24(9-7-21)18(26)12-27-2/h4-5,10,16,22,25H,6-9,11-13H2,1-3H3/t16-/m1/s1. The Kier molecular flexibility index (Phi) is 5.07. The molecule has 4 rings (SSSR count). The highest BCUT2D eigenvalue weighted by molar-refractivity contribution is 5.88. The van der Waals surface area contributed by atoms with Crippen molar-refractivity contribution in [1.29, 1.82) is 0 Å². The number of ether oxygens (including phenoxy) is 2. The second-order valence-electron chi connectivity index (χ2n) is 7.91. The SMILES string of the molecule is COCC(=O)N1CCC2(CC1)CN[C@H](CO)c1c2c2ccc(OC)cc2n1C. The number of rotatable bonds is 4. The minimum Gasteiger partial charge on any atom is -0.497 e. The van der Waals surface area contributed by atoms with Gasteiger partial charge in [-0.2, -0.15) is 0 Å². The fraction of sp³-hybridized carbons (Fsp3) is 0.571. The fourth-order valence-corrected chi connectivity index (χ4v) is 5.01. The Balaban J connectivity index is 1.77. The highest BCUT2D eigenvalue weighted by atomic mass is 16.5. The van der Waals surface area contributed by atoms with Crippen LogP contribution in [-0.2, 0) is 22.0 Å². The maximum Gasteiger partial charge on any atom is 0.248 e. The Morgan fingerprint density at radius 2 is 2.07 bits per heavy atom. The topological polar surface area (TPSA) is 76.0 Å². The van der Waals surface area contributed by atoms with Crippen LogP contribution in [0.2, 0.25) is 0 Å². The molecular formula is C21H29N3O4. The van der Waals surface area contributed by atoms with E-state index in [1.54, 1.807) is 14.2 Å². The second-order valence-corrected chi connectivity index (χ2v) is 7.91. The molecule has 7 heteroatoms. The lowest BCUT2D eigenvalue weighted by Crippen LogP contribution is -2.53. The average molecular weight is 387 g/mol. The summed E-state index contributed by atoms with van der Waals surface area (Å²) >= 11 is 0. The Morgan fingerprint density at radius 1 is 1.32 bits per heavy atom. The van der Waals surface area contributed by atoms with Gasteiger partial charge in [-0.05, 0) is 30.5 Å². The van der Waals surface area contributed by atoms with Gasteiger partial charge in [-0.15, -0.1) is 0 Å². The van der Waals surface area contributed by atoms with Gasteiger partial charge in [0.2, 0.25) is 5.91 Å². The van der Waals surface area contributed by atoms with Gasteiger partial charge in [0.25, 0.3) is 0 Å². The summed E-state index contributed by atoms with van der Waals surface area (Å²) in [7, 11) is 5.29. The predicted octanol–water partition coefficient (Wildman–Crippen LogP) is 1.33. The van der Waals surface area contributed by atoms with Crippen molar-refractivity contribution in [2.75, 3.05) is 47.1 Å². The summed E-state index contributed by atoms with van der Waals surface area (Å²) in [6.45, 7) is 2.45. The molecule has 2 N–H and O–H groups in total. The van der Waals surface area contributed by atoms with Gasteiger partial charge in [-0.3, -0.25) is 4.79 Å². The number of aliphatic hydroxyl groups excluding tert-OH is 1. The van der Waals surface area contributed by atoms with Crippen molar-refractivity contribution in [1.82, 2.24) is 14.8 Å². The first-order chi connectivity index (χ1) is 13.5. The molecule has 1 aromatic heterocycles. The van der Waals surface area contributed by atoms with E-state index in [9.17, 15) is 9.90 Å². The molecule has 152 valence electrons. The van der Waals surface area contributed by atoms with Crippen molar-refractivity contribution >= 4 is 16.8 Å². The zero-order valence-electron chi connectivity index (χ0n) is 16.8. The quantitative estimate of drug-likeness (QED) is 0.828. The molecule has 2 aromatic rings. The number of aliphatic hydroxyl groups is 1. The Morgan fingerprint density at radius 3 is 2.71 bits per heavy atom. The Labute approximate surface area is 165 Å². The summed E-state index contributed by atoms with van der Waals surface area (Å²) in [4.78, 5) is 14.1. The number of benzene rings is 1. The fourth-order valence-electron chi connectivity index (χ4n) is 5.01. The number of carbonyl (C=O) groups is 1. The summed E-state index contributed by atoms with van der Waals surface area (Å²) in [6, 6.07) is 6.12. The van der Waals surface area contributed by atoms with Gasteiger partial charge < -0.3 is 29.4 Å². The molecule has 1 amide bonds. The van der Waals surface area contributed by atoms with Gasteiger partial charge in [-0.25, -0.2) is 0 Å². The number of aryl methyl sites for hydroxylation is 1. The van der Waals surface area contributed by atoms with E-state index in [1.165, 1.54) is 10.9 Å². The van der Waals surface area contributed by atoms with Crippen LogP contribution in [0, 0.1) is 0 Å². The Hall–Kier alpha value is -2.09. The van der Waals surface area contributed by atoms with Crippen molar-refractivity contribution in [2.45, 2.75) is 24.3 Å². The van der Waals surface area contributed by atoms with Gasteiger partial charge in [0.05, 0.1) is 25.3 Å². The normalized spacial score (nSPS) is 21.1. The number of amides is 1. The van der Waals surface area contributed by atoms with Crippen LogP contribution < -0.4 is 10.1 Å². The molecular weight excluding hydrogens is 358 g/mol. The van der Waals surface area contributed by atoms with Crippen LogP contribution in [-0.4, -0.2) is 67.5 Å². The van der Waals surface area contributed by atoms with Crippen LogP contribution in [0.3, 0.4) is 0 Å². The molecule has 1 fully saturated rings. The molecule has 0 bridgehead atoms. The maximum atomic E-state index is 12.2. The van der Waals surface area contributed by atoms with Crippen molar-refractivity contribution < 1.29 is 19.4 Å². The van der Waals surface area contributed by atoms with Crippen LogP contribution in [0.5, 0.6) is 5.75 Å². The van der Waals surface area contributed by atoms with Gasteiger partial charge in [0.1, 0.15) is 12.4 Å². The molecule has 0 radical (unpaired) electrons. The summed E-state index contributed by atoms with van der Waals surface area (Å²) < 4.78 is 12.6. The molecule has 2 aliphatic heterocycles. The number of likely N-dealkylation sites (tertiary alicyclic amines) is 1. The molecule has 1 aromatic carbocycles. The molecule has 1 spiro atoms. The van der Waals surface area contributed by atoms with E-state index in [2.05, 4.69) is 29.1 Å². The third kappa shape index (κ3) is 2.89. The van der Waals surface area contributed by atoms with Crippen LogP contribution in [0.1, 0.15) is 30.1 Å². The van der Waals surface area contributed by atoms with Gasteiger partial charge in [0, 0.05) is 56.4 Å². The minimum absolute atomic E-state index is 0.0427. The molecule has 0 saturated carbocycles. The second kappa shape index (κ2) is 7.39. The molecule has 2 aliphatic rings. The molecule has 1 atom stereocenters. The Bertz CT molecular complexity index is 883. The number of piperidine rings is 1. The van der Waals surface area contributed by atoms with Crippen molar-refractivity contribution in [3.8, 4) is 5.75 Å². The van der Waals surface area contributed by atoms with E-state index in [1.807, 2.05) is 11.0 Å². The summed E-state index contributed by atoms with van der Waals surface area (Å²) in [5, 5.41) is 14.8. The number of nitrogens with zero attached hydrogens (tertiary/aromatic N) is 2. The number of aromatic nitrogens is 1. The summed E-state index contributed by atoms with van der Waals surface area (Å²) in [5.41, 5.74) is 3.54.